The van der Waals surface area contributed by atoms with Crippen LogP contribution in [0.1, 0.15) is 30.5 Å². The molecule has 4 heteroatoms. The van der Waals surface area contributed by atoms with Gasteiger partial charge in [-0.25, -0.2) is 0 Å². The highest BCUT2D eigenvalue weighted by Crippen LogP contribution is 2.28. The lowest BCUT2D eigenvalue weighted by Gasteiger charge is -2.12. The maximum absolute atomic E-state index is 9.00. The van der Waals surface area contributed by atoms with Crippen LogP contribution in [0.4, 0.5) is 0 Å². The summed E-state index contributed by atoms with van der Waals surface area (Å²) in [7, 11) is 0. The first-order valence-electron chi connectivity index (χ1n) is 5.57. The average Bonchev–Trinajstić information content (AvgIpc) is 2.43. The minimum atomic E-state index is -0.0604. The van der Waals surface area contributed by atoms with Crippen molar-refractivity contribution in [1.82, 2.24) is 0 Å². The number of allylic oxidation sites excluding steroid dienone is 2. The Morgan fingerprint density at radius 2 is 1.37 bits per heavy atom. The van der Waals surface area contributed by atoms with E-state index in [1.165, 1.54) is 6.07 Å². The van der Waals surface area contributed by atoms with Crippen LogP contribution in [-0.2, 0) is 0 Å². The lowest BCUT2D eigenvalue weighted by atomic mass is 9.89. The van der Waals surface area contributed by atoms with E-state index in [1.54, 1.807) is 12.1 Å². The number of hydrogen-bond acceptors (Lipinski definition) is 4. The summed E-state index contributed by atoms with van der Waals surface area (Å²) >= 11 is 0. The van der Waals surface area contributed by atoms with Gasteiger partial charge in [-0.1, -0.05) is 13.8 Å². The van der Waals surface area contributed by atoms with Crippen molar-refractivity contribution in [3.05, 3.63) is 40.5 Å². The van der Waals surface area contributed by atoms with Crippen molar-refractivity contribution in [1.29, 1.82) is 21.0 Å². The van der Waals surface area contributed by atoms with Gasteiger partial charge in [-0.3, -0.25) is 0 Å². The molecule has 90 valence electrons. The summed E-state index contributed by atoms with van der Waals surface area (Å²) in [5.41, 5.74) is 1.81. The minimum Gasteiger partial charge on any atom is -0.192 e. The quantitative estimate of drug-likeness (QED) is 0.749. The van der Waals surface area contributed by atoms with Crippen molar-refractivity contribution in [3.8, 4) is 24.3 Å². The zero-order chi connectivity index (χ0) is 14.4. The van der Waals surface area contributed by atoms with Crippen molar-refractivity contribution in [2.75, 3.05) is 0 Å². The number of nitriles is 4. The Balaban J connectivity index is 3.66. The number of rotatable bonds is 2. The van der Waals surface area contributed by atoms with Crippen LogP contribution in [-0.4, -0.2) is 0 Å². The van der Waals surface area contributed by atoms with Crippen LogP contribution in [0.5, 0.6) is 0 Å². The molecule has 0 aromatic heterocycles. The molecular weight excluding hydrogens is 236 g/mol. The average molecular weight is 246 g/mol. The Bertz CT molecular complexity index is 649. The molecule has 1 aromatic carbocycles. The predicted molar refractivity (Wildman–Crippen MR) is 68.9 cm³/mol. The van der Waals surface area contributed by atoms with Gasteiger partial charge in [0.25, 0.3) is 0 Å². The standard InChI is InChI=1S/C15H10N4/c1-10(2)15(14(8-18)9-19)13-4-11(6-16)3-12(5-13)7-17/h3-5,10H,1-2H3. The summed E-state index contributed by atoms with van der Waals surface area (Å²) in [5.74, 6) is -0.0604. The van der Waals surface area contributed by atoms with Crippen LogP contribution in [0.15, 0.2) is 23.8 Å². The first-order chi connectivity index (χ1) is 9.07. The second kappa shape index (κ2) is 6.02. The summed E-state index contributed by atoms with van der Waals surface area (Å²) in [4.78, 5) is 0. The Morgan fingerprint density at radius 3 is 1.68 bits per heavy atom. The number of hydrogen-bond donors (Lipinski definition) is 0. The maximum atomic E-state index is 9.00. The van der Waals surface area contributed by atoms with Gasteiger partial charge in [0.15, 0.2) is 0 Å². The van der Waals surface area contributed by atoms with E-state index in [9.17, 15) is 0 Å². The van der Waals surface area contributed by atoms with Crippen molar-refractivity contribution in [3.63, 3.8) is 0 Å². The van der Waals surface area contributed by atoms with E-state index in [0.717, 1.165) is 0 Å². The normalized spacial score (nSPS) is 8.79. The van der Waals surface area contributed by atoms with Crippen LogP contribution in [0.3, 0.4) is 0 Å². The molecule has 0 aliphatic rings. The summed E-state index contributed by atoms with van der Waals surface area (Å²) in [6.07, 6.45) is 0. The van der Waals surface area contributed by atoms with Crippen molar-refractivity contribution in [2.45, 2.75) is 13.8 Å². The molecule has 0 unspecified atom stereocenters. The molecule has 4 nitrogen and oxygen atoms in total. The monoisotopic (exact) mass is 246 g/mol. The van der Waals surface area contributed by atoms with Crippen molar-refractivity contribution >= 4 is 5.57 Å². The third kappa shape index (κ3) is 2.98. The Hall–Kier alpha value is -3.08. The molecule has 0 heterocycles. The maximum Gasteiger partial charge on any atom is 0.133 e. The second-order valence-corrected chi connectivity index (χ2v) is 4.19. The van der Waals surface area contributed by atoms with Crippen LogP contribution in [0, 0.1) is 51.2 Å². The summed E-state index contributed by atoms with van der Waals surface area (Å²) in [5, 5.41) is 35.9. The molecule has 19 heavy (non-hydrogen) atoms. The topological polar surface area (TPSA) is 95.2 Å². The minimum absolute atomic E-state index is 0.00831. The lowest BCUT2D eigenvalue weighted by molar-refractivity contribution is 0.852. The van der Waals surface area contributed by atoms with Gasteiger partial charge in [-0.05, 0) is 35.3 Å². The molecule has 0 bridgehead atoms. The Morgan fingerprint density at radius 1 is 0.895 bits per heavy atom. The van der Waals surface area contributed by atoms with E-state index in [4.69, 9.17) is 21.0 Å². The van der Waals surface area contributed by atoms with Gasteiger partial charge in [-0.15, -0.1) is 0 Å². The number of benzene rings is 1. The largest absolute Gasteiger partial charge is 0.192 e. The van der Waals surface area contributed by atoms with E-state index < -0.39 is 0 Å². The Kier molecular flexibility index (Phi) is 4.43. The molecule has 0 aliphatic carbocycles. The van der Waals surface area contributed by atoms with Crippen molar-refractivity contribution < 1.29 is 0 Å². The second-order valence-electron chi connectivity index (χ2n) is 4.19. The molecule has 0 saturated heterocycles. The molecule has 1 rings (SSSR count). The van der Waals surface area contributed by atoms with Gasteiger partial charge in [0, 0.05) is 0 Å². The molecule has 0 spiro atoms. The molecule has 0 amide bonds. The van der Waals surface area contributed by atoms with Gasteiger partial charge in [0.2, 0.25) is 0 Å². The van der Waals surface area contributed by atoms with Gasteiger partial charge in [-0.2, -0.15) is 21.0 Å². The van der Waals surface area contributed by atoms with Gasteiger partial charge < -0.3 is 0 Å². The SMILES string of the molecule is CC(C)C(=C(C#N)C#N)c1cc(C#N)cc(C#N)c1. The molecular formula is C15H10N4. The lowest BCUT2D eigenvalue weighted by Crippen LogP contribution is -1.99. The number of nitrogens with zero attached hydrogens (tertiary/aromatic N) is 4. The molecule has 0 saturated carbocycles. The van der Waals surface area contributed by atoms with Gasteiger partial charge >= 0.3 is 0 Å². The summed E-state index contributed by atoms with van der Waals surface area (Å²) in [6, 6.07) is 12.3. The third-order valence-corrected chi connectivity index (χ3v) is 2.57. The molecule has 0 aliphatic heterocycles. The molecule has 0 fully saturated rings. The molecule has 0 radical (unpaired) electrons. The van der Waals surface area contributed by atoms with E-state index in [1.807, 2.05) is 38.1 Å². The smallest absolute Gasteiger partial charge is 0.133 e. The fourth-order valence-corrected chi connectivity index (χ4v) is 1.82. The molecule has 0 N–H and O–H groups in total. The van der Waals surface area contributed by atoms with Crippen LogP contribution in [0.2, 0.25) is 0 Å². The van der Waals surface area contributed by atoms with Crippen LogP contribution < -0.4 is 0 Å². The third-order valence-electron chi connectivity index (χ3n) is 2.57. The first kappa shape index (κ1) is 14.0. The predicted octanol–water partition coefficient (Wildman–Crippen LogP) is 2.89. The van der Waals surface area contributed by atoms with Gasteiger partial charge in [0.05, 0.1) is 23.3 Å². The van der Waals surface area contributed by atoms with Crippen molar-refractivity contribution in [2.24, 2.45) is 5.92 Å². The van der Waals surface area contributed by atoms with E-state index >= 15 is 0 Å². The summed E-state index contributed by atoms with van der Waals surface area (Å²) in [6.45, 7) is 3.71. The first-order valence-corrected chi connectivity index (χ1v) is 5.57. The van der Waals surface area contributed by atoms with E-state index in [2.05, 4.69) is 0 Å². The molecule has 0 atom stereocenters. The van der Waals surface area contributed by atoms with E-state index in [0.29, 0.717) is 22.3 Å². The highest BCUT2D eigenvalue weighted by Gasteiger charge is 2.15. The fraction of sp³-hybridized carbons (Fsp3) is 0.200. The Labute approximate surface area is 112 Å². The zero-order valence-electron chi connectivity index (χ0n) is 10.6. The van der Waals surface area contributed by atoms with Crippen LogP contribution in [0.25, 0.3) is 5.57 Å². The zero-order valence-corrected chi connectivity index (χ0v) is 10.6. The molecule has 1 aromatic rings. The highest BCUT2D eigenvalue weighted by molar-refractivity contribution is 5.77. The highest BCUT2D eigenvalue weighted by atomic mass is 14.3. The summed E-state index contributed by atoms with van der Waals surface area (Å²) < 4.78 is 0. The van der Waals surface area contributed by atoms with Gasteiger partial charge in [0.1, 0.15) is 17.7 Å². The fourth-order valence-electron chi connectivity index (χ4n) is 1.82. The van der Waals surface area contributed by atoms with E-state index in [-0.39, 0.29) is 11.5 Å². The van der Waals surface area contributed by atoms with Crippen LogP contribution >= 0.6 is 0 Å².